The lowest BCUT2D eigenvalue weighted by molar-refractivity contribution is 0.0953. The minimum atomic E-state index is -0.421. The molecule has 0 heterocycles. The molecule has 3 aromatic rings. The SMILES string of the molecule is COc1ccc(/C=N/NC(=O)c2cccc(NC(=O)c3cccc(Cl)c3)c2)cc1OC. The molecule has 0 aromatic heterocycles. The van der Waals surface area contributed by atoms with E-state index in [4.69, 9.17) is 21.1 Å². The second-order valence-electron chi connectivity index (χ2n) is 6.36. The first-order valence-corrected chi connectivity index (χ1v) is 9.60. The first-order chi connectivity index (χ1) is 15.0. The van der Waals surface area contributed by atoms with E-state index >= 15 is 0 Å². The van der Waals surface area contributed by atoms with Gasteiger partial charge in [0.15, 0.2) is 11.5 Å². The number of hydrogen-bond donors (Lipinski definition) is 2. The highest BCUT2D eigenvalue weighted by Gasteiger charge is 2.10. The molecule has 7 nitrogen and oxygen atoms in total. The lowest BCUT2D eigenvalue weighted by Gasteiger charge is -2.08. The number of carbonyl (C=O) groups excluding carboxylic acids is 2. The molecule has 3 aromatic carbocycles. The van der Waals surface area contributed by atoms with Crippen LogP contribution in [0.5, 0.6) is 11.5 Å². The van der Waals surface area contributed by atoms with Crippen LogP contribution in [0.3, 0.4) is 0 Å². The van der Waals surface area contributed by atoms with Crippen LogP contribution in [0.2, 0.25) is 5.02 Å². The highest BCUT2D eigenvalue weighted by Crippen LogP contribution is 2.26. The van der Waals surface area contributed by atoms with Crippen LogP contribution < -0.4 is 20.2 Å². The van der Waals surface area contributed by atoms with E-state index in [1.54, 1.807) is 80.9 Å². The Bertz CT molecular complexity index is 1130. The Balaban J connectivity index is 1.65. The number of ether oxygens (including phenoxy) is 2. The van der Waals surface area contributed by atoms with Crippen LogP contribution in [0.4, 0.5) is 5.69 Å². The average Bonchev–Trinajstić information content (AvgIpc) is 2.79. The van der Waals surface area contributed by atoms with Crippen LogP contribution >= 0.6 is 11.6 Å². The van der Waals surface area contributed by atoms with Crippen molar-refractivity contribution in [3.8, 4) is 11.5 Å². The van der Waals surface area contributed by atoms with Gasteiger partial charge in [-0.05, 0) is 60.2 Å². The third kappa shape index (κ3) is 5.83. The second-order valence-corrected chi connectivity index (χ2v) is 6.80. The Hall–Kier alpha value is -3.84. The Labute approximate surface area is 184 Å². The molecule has 8 heteroatoms. The van der Waals surface area contributed by atoms with Gasteiger partial charge in [0.2, 0.25) is 0 Å². The molecule has 0 saturated carbocycles. The summed E-state index contributed by atoms with van der Waals surface area (Å²) < 4.78 is 10.4. The zero-order valence-electron chi connectivity index (χ0n) is 16.9. The maximum atomic E-state index is 12.4. The first kappa shape index (κ1) is 21.9. The number of carbonyl (C=O) groups is 2. The number of anilines is 1. The molecular weight excluding hydrogens is 418 g/mol. The summed E-state index contributed by atoms with van der Waals surface area (Å²) in [5.74, 6) is 0.406. The fraction of sp³-hybridized carbons (Fsp3) is 0.0870. The van der Waals surface area contributed by atoms with E-state index in [0.717, 1.165) is 5.56 Å². The van der Waals surface area contributed by atoms with Crippen LogP contribution in [0.1, 0.15) is 26.3 Å². The lowest BCUT2D eigenvalue weighted by Crippen LogP contribution is -2.18. The van der Waals surface area contributed by atoms with Crippen LogP contribution in [0.25, 0.3) is 0 Å². The highest BCUT2D eigenvalue weighted by molar-refractivity contribution is 6.31. The second kappa shape index (κ2) is 10.3. The van der Waals surface area contributed by atoms with E-state index in [0.29, 0.717) is 33.3 Å². The van der Waals surface area contributed by atoms with Crippen LogP contribution in [0.15, 0.2) is 71.8 Å². The molecule has 0 radical (unpaired) electrons. The Kier molecular flexibility index (Phi) is 7.24. The number of amides is 2. The Morgan fingerprint density at radius 1 is 0.871 bits per heavy atom. The highest BCUT2D eigenvalue weighted by atomic mass is 35.5. The van der Waals surface area contributed by atoms with Crippen molar-refractivity contribution in [3.05, 3.63) is 88.4 Å². The zero-order chi connectivity index (χ0) is 22.2. The van der Waals surface area contributed by atoms with Gasteiger partial charge in [0.05, 0.1) is 20.4 Å². The molecule has 3 rings (SSSR count). The Morgan fingerprint density at radius 3 is 2.29 bits per heavy atom. The van der Waals surface area contributed by atoms with Crippen molar-refractivity contribution in [2.75, 3.05) is 19.5 Å². The number of benzene rings is 3. The van der Waals surface area contributed by atoms with Crippen molar-refractivity contribution in [1.29, 1.82) is 0 Å². The molecule has 0 atom stereocenters. The van der Waals surface area contributed by atoms with Crippen molar-refractivity contribution in [1.82, 2.24) is 5.43 Å². The monoisotopic (exact) mass is 437 g/mol. The van der Waals surface area contributed by atoms with Crippen molar-refractivity contribution in [2.24, 2.45) is 5.10 Å². The molecule has 0 bridgehead atoms. The number of nitrogens with zero attached hydrogens (tertiary/aromatic N) is 1. The predicted octanol–water partition coefficient (Wildman–Crippen LogP) is 4.37. The van der Waals surface area contributed by atoms with Gasteiger partial charge in [0, 0.05) is 21.8 Å². The van der Waals surface area contributed by atoms with Crippen LogP contribution in [-0.4, -0.2) is 32.2 Å². The summed E-state index contributed by atoms with van der Waals surface area (Å²) in [7, 11) is 3.09. The summed E-state index contributed by atoms with van der Waals surface area (Å²) in [4.78, 5) is 24.8. The predicted molar refractivity (Wildman–Crippen MR) is 120 cm³/mol. The van der Waals surface area contributed by atoms with Gasteiger partial charge in [-0.1, -0.05) is 23.7 Å². The molecule has 0 unspecified atom stereocenters. The van der Waals surface area contributed by atoms with Crippen molar-refractivity contribution in [2.45, 2.75) is 0 Å². The summed E-state index contributed by atoms with van der Waals surface area (Å²) in [5.41, 5.74) is 4.42. The van der Waals surface area contributed by atoms with Crippen molar-refractivity contribution in [3.63, 3.8) is 0 Å². The number of nitrogens with one attached hydrogen (secondary N) is 2. The average molecular weight is 438 g/mol. The van der Waals surface area contributed by atoms with Gasteiger partial charge < -0.3 is 14.8 Å². The third-order valence-electron chi connectivity index (χ3n) is 4.26. The summed E-state index contributed by atoms with van der Waals surface area (Å²) in [6.45, 7) is 0. The molecule has 0 spiro atoms. The fourth-order valence-corrected chi connectivity index (χ4v) is 2.92. The van der Waals surface area contributed by atoms with E-state index in [-0.39, 0.29) is 5.91 Å². The number of hydrogen-bond acceptors (Lipinski definition) is 5. The van der Waals surface area contributed by atoms with E-state index < -0.39 is 5.91 Å². The minimum absolute atomic E-state index is 0.327. The van der Waals surface area contributed by atoms with Gasteiger partial charge >= 0.3 is 0 Å². The van der Waals surface area contributed by atoms with Gasteiger partial charge in [0.25, 0.3) is 11.8 Å². The van der Waals surface area contributed by atoms with Gasteiger partial charge in [-0.15, -0.1) is 0 Å². The number of methoxy groups -OCH3 is 2. The molecule has 158 valence electrons. The smallest absolute Gasteiger partial charge is 0.271 e. The Morgan fingerprint density at radius 2 is 1.58 bits per heavy atom. The zero-order valence-corrected chi connectivity index (χ0v) is 17.6. The van der Waals surface area contributed by atoms with E-state index in [1.165, 1.54) is 6.21 Å². The lowest BCUT2D eigenvalue weighted by atomic mass is 10.1. The molecule has 0 aliphatic rings. The molecule has 2 N–H and O–H groups in total. The van der Waals surface area contributed by atoms with Gasteiger partial charge in [0.1, 0.15) is 0 Å². The van der Waals surface area contributed by atoms with E-state index in [2.05, 4.69) is 15.8 Å². The first-order valence-electron chi connectivity index (χ1n) is 9.22. The quantitative estimate of drug-likeness (QED) is 0.424. The largest absolute Gasteiger partial charge is 0.493 e. The third-order valence-corrected chi connectivity index (χ3v) is 4.49. The molecule has 0 fully saturated rings. The standard InChI is InChI=1S/C23H20ClN3O4/c1-30-20-10-9-15(11-21(20)31-2)14-25-27-23(29)17-6-4-8-19(13-17)26-22(28)16-5-3-7-18(24)12-16/h3-14H,1-2H3,(H,26,28)(H,27,29)/b25-14+. The summed E-state index contributed by atoms with van der Waals surface area (Å²) in [6, 6.07) is 18.4. The number of rotatable bonds is 7. The molecular formula is C23H20ClN3O4. The molecule has 31 heavy (non-hydrogen) atoms. The fourth-order valence-electron chi connectivity index (χ4n) is 2.73. The topological polar surface area (TPSA) is 89.0 Å². The van der Waals surface area contributed by atoms with E-state index in [9.17, 15) is 9.59 Å². The molecule has 0 aliphatic heterocycles. The normalized spacial score (nSPS) is 10.5. The number of hydrazone groups is 1. The molecule has 0 saturated heterocycles. The van der Waals surface area contributed by atoms with E-state index in [1.807, 2.05) is 0 Å². The maximum absolute atomic E-state index is 12.4. The molecule has 0 aliphatic carbocycles. The maximum Gasteiger partial charge on any atom is 0.271 e. The summed E-state index contributed by atoms with van der Waals surface area (Å²) >= 11 is 5.92. The summed E-state index contributed by atoms with van der Waals surface area (Å²) in [6.07, 6.45) is 1.49. The minimum Gasteiger partial charge on any atom is -0.493 e. The van der Waals surface area contributed by atoms with Crippen molar-refractivity contribution < 1.29 is 19.1 Å². The van der Waals surface area contributed by atoms with Crippen LogP contribution in [0, 0.1) is 0 Å². The van der Waals surface area contributed by atoms with Crippen LogP contribution in [-0.2, 0) is 0 Å². The summed E-state index contributed by atoms with van der Waals surface area (Å²) in [5, 5.41) is 7.18. The number of halogens is 1. The van der Waals surface area contributed by atoms with Gasteiger partial charge in [-0.2, -0.15) is 5.10 Å². The van der Waals surface area contributed by atoms with Gasteiger partial charge in [-0.3, -0.25) is 9.59 Å². The van der Waals surface area contributed by atoms with Crippen molar-refractivity contribution >= 4 is 35.3 Å². The molecule has 2 amide bonds. The van der Waals surface area contributed by atoms with Gasteiger partial charge in [-0.25, -0.2) is 5.43 Å².